The third kappa shape index (κ3) is 2.29. The number of aromatic nitrogens is 1. The van der Waals surface area contributed by atoms with Crippen LogP contribution < -0.4 is 5.32 Å². The summed E-state index contributed by atoms with van der Waals surface area (Å²) in [5, 5.41) is 3.14. The molecule has 3 rings (SSSR count). The predicted octanol–water partition coefficient (Wildman–Crippen LogP) is 1.96. The van der Waals surface area contributed by atoms with E-state index < -0.39 is 0 Å². The summed E-state index contributed by atoms with van der Waals surface area (Å²) in [5.74, 6) is 0.361. The lowest BCUT2D eigenvalue weighted by Crippen LogP contribution is -2.40. The quantitative estimate of drug-likeness (QED) is 0.928. The minimum absolute atomic E-state index is 0.0293. The molecule has 20 heavy (non-hydrogen) atoms. The van der Waals surface area contributed by atoms with Gasteiger partial charge >= 0.3 is 0 Å². The number of hydrogen-bond donors (Lipinski definition) is 1. The number of carbonyl (C=O) groups excluding carboxylic acids is 1. The highest BCUT2D eigenvalue weighted by molar-refractivity contribution is 5.95. The molecule has 1 N–H and O–H groups in total. The summed E-state index contributed by atoms with van der Waals surface area (Å²) in [6, 6.07) is 5.76. The van der Waals surface area contributed by atoms with Crippen LogP contribution in [0.5, 0.6) is 0 Å². The van der Waals surface area contributed by atoms with Gasteiger partial charge in [0.25, 0.3) is 5.91 Å². The highest BCUT2D eigenvalue weighted by atomic mass is 16.3. The molecule has 106 valence electrons. The van der Waals surface area contributed by atoms with Crippen LogP contribution in [0.4, 0.5) is 0 Å². The standard InChI is InChI=1S/C15H19N3O2/c1-10-5-6-13-12(17-10)8-14(20-13)15(19)18-7-3-4-11(18)9-16-2/h5-6,8,11,16H,3-4,7,9H2,1-2H3. The third-order valence-electron chi connectivity index (χ3n) is 3.80. The van der Waals surface area contributed by atoms with E-state index in [4.69, 9.17) is 4.42 Å². The molecular weight excluding hydrogens is 254 g/mol. The van der Waals surface area contributed by atoms with Crippen LogP contribution in [-0.2, 0) is 0 Å². The molecule has 5 heteroatoms. The van der Waals surface area contributed by atoms with Crippen LogP contribution in [-0.4, -0.2) is 42.0 Å². The Kier molecular flexibility index (Phi) is 3.44. The van der Waals surface area contributed by atoms with E-state index in [1.165, 1.54) is 0 Å². The lowest BCUT2D eigenvalue weighted by atomic mass is 10.2. The maximum absolute atomic E-state index is 12.6. The van der Waals surface area contributed by atoms with E-state index in [1.807, 2.05) is 31.0 Å². The van der Waals surface area contributed by atoms with Crippen molar-refractivity contribution in [2.45, 2.75) is 25.8 Å². The van der Waals surface area contributed by atoms with Gasteiger partial charge in [-0.05, 0) is 38.9 Å². The number of furan rings is 1. The second-order valence-corrected chi connectivity index (χ2v) is 5.30. The van der Waals surface area contributed by atoms with Crippen molar-refractivity contribution in [2.24, 2.45) is 0 Å². The van der Waals surface area contributed by atoms with Crippen molar-refractivity contribution in [1.29, 1.82) is 0 Å². The molecule has 1 aliphatic rings. The average molecular weight is 273 g/mol. The number of fused-ring (bicyclic) bond motifs is 1. The second-order valence-electron chi connectivity index (χ2n) is 5.30. The average Bonchev–Trinajstić information content (AvgIpc) is 3.04. The number of hydrogen-bond acceptors (Lipinski definition) is 4. The number of amides is 1. The van der Waals surface area contributed by atoms with Crippen molar-refractivity contribution in [1.82, 2.24) is 15.2 Å². The molecule has 0 saturated carbocycles. The topological polar surface area (TPSA) is 58.4 Å². The number of pyridine rings is 1. The lowest BCUT2D eigenvalue weighted by molar-refractivity contribution is 0.0707. The number of likely N-dealkylation sites (tertiary alicyclic amines) is 1. The largest absolute Gasteiger partial charge is 0.449 e. The van der Waals surface area contributed by atoms with Gasteiger partial charge in [-0.2, -0.15) is 0 Å². The summed E-state index contributed by atoms with van der Waals surface area (Å²) in [4.78, 5) is 18.9. The number of rotatable bonds is 3. The summed E-state index contributed by atoms with van der Waals surface area (Å²) in [7, 11) is 1.91. The van der Waals surface area contributed by atoms with Gasteiger partial charge in [0.15, 0.2) is 11.3 Å². The molecule has 1 aliphatic heterocycles. The summed E-state index contributed by atoms with van der Waals surface area (Å²) in [6.07, 6.45) is 2.10. The van der Waals surface area contributed by atoms with Crippen molar-refractivity contribution < 1.29 is 9.21 Å². The number of aryl methyl sites for hydroxylation is 1. The molecule has 3 heterocycles. The van der Waals surface area contributed by atoms with Crippen molar-refractivity contribution in [2.75, 3.05) is 20.1 Å². The second kappa shape index (κ2) is 5.25. The van der Waals surface area contributed by atoms with E-state index in [-0.39, 0.29) is 11.9 Å². The summed E-state index contributed by atoms with van der Waals surface area (Å²) in [6.45, 7) is 3.55. The summed E-state index contributed by atoms with van der Waals surface area (Å²) in [5.41, 5.74) is 2.34. The van der Waals surface area contributed by atoms with Gasteiger partial charge in [-0.25, -0.2) is 4.98 Å². The maximum atomic E-state index is 12.6. The van der Waals surface area contributed by atoms with E-state index in [0.717, 1.165) is 37.1 Å². The Morgan fingerprint density at radius 3 is 3.20 bits per heavy atom. The van der Waals surface area contributed by atoms with Gasteiger partial charge in [-0.15, -0.1) is 0 Å². The summed E-state index contributed by atoms with van der Waals surface area (Å²) >= 11 is 0. The first-order valence-corrected chi connectivity index (χ1v) is 7.02. The molecule has 0 spiro atoms. The van der Waals surface area contributed by atoms with Gasteiger partial charge in [0.2, 0.25) is 0 Å². The highest BCUT2D eigenvalue weighted by Crippen LogP contribution is 2.23. The fourth-order valence-corrected chi connectivity index (χ4v) is 2.82. The minimum atomic E-state index is -0.0293. The predicted molar refractivity (Wildman–Crippen MR) is 76.7 cm³/mol. The van der Waals surface area contributed by atoms with Crippen molar-refractivity contribution in [3.63, 3.8) is 0 Å². The zero-order valence-corrected chi connectivity index (χ0v) is 11.8. The Hall–Kier alpha value is -1.88. The van der Waals surface area contributed by atoms with Crippen LogP contribution in [0.2, 0.25) is 0 Å². The molecule has 1 atom stereocenters. The van der Waals surface area contributed by atoms with Crippen LogP contribution in [0.3, 0.4) is 0 Å². The van der Waals surface area contributed by atoms with Gasteiger partial charge < -0.3 is 14.6 Å². The van der Waals surface area contributed by atoms with Gasteiger partial charge in [-0.1, -0.05) is 0 Å². The molecule has 0 radical (unpaired) electrons. The molecule has 0 aromatic carbocycles. The van der Waals surface area contributed by atoms with Crippen LogP contribution in [0.15, 0.2) is 22.6 Å². The van der Waals surface area contributed by atoms with Crippen LogP contribution in [0.1, 0.15) is 29.1 Å². The van der Waals surface area contributed by atoms with Crippen LogP contribution in [0, 0.1) is 6.92 Å². The zero-order valence-electron chi connectivity index (χ0n) is 11.8. The monoisotopic (exact) mass is 273 g/mol. The van der Waals surface area contributed by atoms with E-state index in [1.54, 1.807) is 6.07 Å². The first kappa shape index (κ1) is 13.1. The van der Waals surface area contributed by atoms with E-state index in [2.05, 4.69) is 10.3 Å². The van der Waals surface area contributed by atoms with Crippen LogP contribution >= 0.6 is 0 Å². The Labute approximate surface area is 118 Å². The van der Waals surface area contributed by atoms with Crippen LogP contribution in [0.25, 0.3) is 11.1 Å². The SMILES string of the molecule is CNCC1CCCN1C(=O)c1cc2nc(C)ccc2o1. The Morgan fingerprint density at radius 2 is 2.40 bits per heavy atom. The maximum Gasteiger partial charge on any atom is 0.289 e. The van der Waals surface area contributed by atoms with E-state index in [9.17, 15) is 4.79 Å². The minimum Gasteiger partial charge on any atom is -0.449 e. The molecular formula is C15H19N3O2. The van der Waals surface area contributed by atoms with Crippen molar-refractivity contribution >= 4 is 17.0 Å². The normalized spacial score (nSPS) is 18.9. The number of likely N-dealkylation sites (N-methyl/N-ethyl adjacent to an activating group) is 1. The van der Waals surface area contributed by atoms with Gasteiger partial charge in [0.1, 0.15) is 5.52 Å². The first-order valence-electron chi connectivity index (χ1n) is 7.02. The molecule has 1 saturated heterocycles. The van der Waals surface area contributed by atoms with E-state index >= 15 is 0 Å². The smallest absolute Gasteiger partial charge is 0.289 e. The van der Waals surface area contributed by atoms with Gasteiger partial charge in [0.05, 0.1) is 0 Å². The van der Waals surface area contributed by atoms with E-state index in [0.29, 0.717) is 11.3 Å². The van der Waals surface area contributed by atoms with Crippen molar-refractivity contribution in [3.05, 3.63) is 29.7 Å². The highest BCUT2D eigenvalue weighted by Gasteiger charge is 2.30. The molecule has 0 bridgehead atoms. The van der Waals surface area contributed by atoms with Gasteiger partial charge in [-0.3, -0.25) is 4.79 Å². The van der Waals surface area contributed by atoms with Gasteiger partial charge in [0, 0.05) is 30.9 Å². The molecule has 1 amide bonds. The number of nitrogens with zero attached hydrogens (tertiary/aromatic N) is 2. The molecule has 1 unspecified atom stereocenters. The molecule has 0 aliphatic carbocycles. The lowest BCUT2D eigenvalue weighted by Gasteiger charge is -2.23. The fourth-order valence-electron chi connectivity index (χ4n) is 2.82. The zero-order chi connectivity index (χ0) is 14.1. The number of nitrogens with one attached hydrogen (secondary N) is 1. The Morgan fingerprint density at radius 1 is 1.55 bits per heavy atom. The molecule has 5 nitrogen and oxygen atoms in total. The Balaban J connectivity index is 1.88. The summed E-state index contributed by atoms with van der Waals surface area (Å²) < 4.78 is 5.65. The molecule has 2 aromatic heterocycles. The molecule has 1 fully saturated rings. The fraction of sp³-hybridized carbons (Fsp3) is 0.467. The Bertz CT molecular complexity index is 635. The van der Waals surface area contributed by atoms with Crippen molar-refractivity contribution in [3.8, 4) is 0 Å². The first-order chi connectivity index (χ1) is 9.69. The third-order valence-corrected chi connectivity index (χ3v) is 3.80. The number of carbonyl (C=O) groups is 1. The molecule has 2 aromatic rings.